The summed E-state index contributed by atoms with van der Waals surface area (Å²) in [6.45, 7) is 8.46. The van der Waals surface area contributed by atoms with Crippen molar-refractivity contribution in [2.75, 3.05) is 0 Å². The van der Waals surface area contributed by atoms with Crippen LogP contribution in [0.4, 0.5) is 0 Å². The molecule has 1 aliphatic rings. The van der Waals surface area contributed by atoms with Crippen molar-refractivity contribution in [2.45, 2.75) is 53.4 Å². The van der Waals surface area contributed by atoms with Gasteiger partial charge in [-0.05, 0) is 49.0 Å². The van der Waals surface area contributed by atoms with Gasteiger partial charge >= 0.3 is 0 Å². The number of nitrogens with zero attached hydrogens (tertiary/aromatic N) is 1. The summed E-state index contributed by atoms with van der Waals surface area (Å²) < 4.78 is 0. The molecule has 0 aromatic heterocycles. The molecule has 3 nitrogen and oxygen atoms in total. The van der Waals surface area contributed by atoms with E-state index in [1.165, 1.54) is 12.8 Å². The van der Waals surface area contributed by atoms with E-state index in [1.807, 2.05) is 6.08 Å². The zero-order valence-corrected chi connectivity index (χ0v) is 10.8. The lowest BCUT2D eigenvalue weighted by Crippen LogP contribution is -2.25. The molecule has 1 aliphatic carbocycles. The molecule has 0 bridgehead atoms. The Balaban J connectivity index is 2.50. The number of nitro groups is 1. The number of hydrogen-bond donors (Lipinski definition) is 0. The van der Waals surface area contributed by atoms with E-state index >= 15 is 0 Å². The van der Waals surface area contributed by atoms with E-state index in [0.717, 1.165) is 18.8 Å². The standard InChI is InChI=1S/C13H23NO2/c1-10(14(15)16)9-11-5-7-12(8-6-11)13(2,3)4/h9,11-12H,5-8H2,1-4H3. The van der Waals surface area contributed by atoms with Crippen LogP contribution in [0.25, 0.3) is 0 Å². The molecular weight excluding hydrogens is 202 g/mol. The molecule has 1 fully saturated rings. The maximum atomic E-state index is 10.5. The summed E-state index contributed by atoms with van der Waals surface area (Å²) in [6.07, 6.45) is 6.46. The fourth-order valence-corrected chi connectivity index (χ4v) is 2.55. The largest absolute Gasteiger partial charge is 0.259 e. The Labute approximate surface area is 98.1 Å². The molecule has 0 saturated heterocycles. The molecule has 3 heteroatoms. The molecule has 92 valence electrons. The maximum absolute atomic E-state index is 10.5. The van der Waals surface area contributed by atoms with Gasteiger partial charge in [0.05, 0.1) is 4.92 Å². The van der Waals surface area contributed by atoms with Crippen molar-refractivity contribution in [1.82, 2.24) is 0 Å². The molecule has 0 amide bonds. The molecule has 0 N–H and O–H groups in total. The average Bonchev–Trinajstić information content (AvgIpc) is 2.17. The van der Waals surface area contributed by atoms with Gasteiger partial charge in [0.25, 0.3) is 0 Å². The molecule has 0 aromatic rings. The van der Waals surface area contributed by atoms with Gasteiger partial charge in [0.2, 0.25) is 5.70 Å². The first-order valence-corrected chi connectivity index (χ1v) is 6.13. The second kappa shape index (κ2) is 4.98. The van der Waals surface area contributed by atoms with E-state index in [4.69, 9.17) is 0 Å². The van der Waals surface area contributed by atoms with Crippen LogP contribution in [0, 0.1) is 27.4 Å². The third-order valence-corrected chi connectivity index (χ3v) is 3.76. The summed E-state index contributed by atoms with van der Waals surface area (Å²) >= 11 is 0. The monoisotopic (exact) mass is 225 g/mol. The molecule has 0 unspecified atom stereocenters. The van der Waals surface area contributed by atoms with Gasteiger partial charge in [-0.1, -0.05) is 20.8 Å². The van der Waals surface area contributed by atoms with Crippen molar-refractivity contribution < 1.29 is 4.92 Å². The third kappa shape index (κ3) is 3.62. The van der Waals surface area contributed by atoms with E-state index in [9.17, 15) is 10.1 Å². The topological polar surface area (TPSA) is 43.1 Å². The van der Waals surface area contributed by atoms with E-state index in [0.29, 0.717) is 17.0 Å². The highest BCUT2D eigenvalue weighted by Crippen LogP contribution is 2.40. The first kappa shape index (κ1) is 13.2. The summed E-state index contributed by atoms with van der Waals surface area (Å²) in [5.74, 6) is 1.19. The Morgan fingerprint density at radius 3 is 2.12 bits per heavy atom. The molecule has 0 aromatic carbocycles. The van der Waals surface area contributed by atoms with Crippen molar-refractivity contribution in [3.63, 3.8) is 0 Å². The van der Waals surface area contributed by atoms with Crippen molar-refractivity contribution in [2.24, 2.45) is 17.3 Å². The van der Waals surface area contributed by atoms with Crippen LogP contribution < -0.4 is 0 Å². The first-order valence-electron chi connectivity index (χ1n) is 6.13. The van der Waals surface area contributed by atoms with Crippen LogP contribution in [-0.4, -0.2) is 4.92 Å². The fourth-order valence-electron chi connectivity index (χ4n) is 2.55. The minimum atomic E-state index is -0.282. The molecule has 0 heterocycles. The summed E-state index contributed by atoms with van der Waals surface area (Å²) in [6, 6.07) is 0. The van der Waals surface area contributed by atoms with Gasteiger partial charge in [-0.2, -0.15) is 0 Å². The van der Waals surface area contributed by atoms with Gasteiger partial charge in [-0.15, -0.1) is 0 Å². The van der Waals surface area contributed by atoms with E-state index in [1.54, 1.807) is 6.92 Å². The highest BCUT2D eigenvalue weighted by Gasteiger charge is 2.29. The second-order valence-corrected chi connectivity index (χ2v) is 6.04. The molecule has 1 rings (SSSR count). The zero-order chi connectivity index (χ0) is 12.3. The van der Waals surface area contributed by atoms with Crippen molar-refractivity contribution in [1.29, 1.82) is 0 Å². The smallest absolute Gasteiger partial charge is 0.239 e. The third-order valence-electron chi connectivity index (χ3n) is 3.76. The van der Waals surface area contributed by atoms with Crippen LogP contribution in [0.3, 0.4) is 0 Å². The van der Waals surface area contributed by atoms with Crippen LogP contribution in [-0.2, 0) is 0 Å². The molecular formula is C13H23NO2. The van der Waals surface area contributed by atoms with Gasteiger partial charge in [0, 0.05) is 6.92 Å². The lowest BCUT2D eigenvalue weighted by atomic mass is 9.70. The molecule has 1 saturated carbocycles. The lowest BCUT2D eigenvalue weighted by Gasteiger charge is -2.36. The van der Waals surface area contributed by atoms with Gasteiger partial charge in [0.1, 0.15) is 0 Å². The minimum Gasteiger partial charge on any atom is -0.259 e. The quantitative estimate of drug-likeness (QED) is 0.526. The molecule has 0 spiro atoms. The van der Waals surface area contributed by atoms with Crippen LogP contribution in [0.15, 0.2) is 11.8 Å². The summed E-state index contributed by atoms with van der Waals surface area (Å²) in [5.41, 5.74) is 0.687. The molecule has 16 heavy (non-hydrogen) atoms. The van der Waals surface area contributed by atoms with Crippen LogP contribution in [0.1, 0.15) is 53.4 Å². The highest BCUT2D eigenvalue weighted by atomic mass is 16.6. The van der Waals surface area contributed by atoms with Crippen LogP contribution in [0.5, 0.6) is 0 Å². The highest BCUT2D eigenvalue weighted by molar-refractivity contribution is 4.95. The van der Waals surface area contributed by atoms with E-state index < -0.39 is 0 Å². The van der Waals surface area contributed by atoms with E-state index in [2.05, 4.69) is 20.8 Å². The molecule has 0 aliphatic heterocycles. The summed E-state index contributed by atoms with van der Waals surface area (Å²) in [5, 5.41) is 10.5. The maximum Gasteiger partial charge on any atom is 0.239 e. The SMILES string of the molecule is CC(=CC1CCC(C(C)(C)C)CC1)[N+](=O)[O-]. The Hall–Kier alpha value is -0.860. The Morgan fingerprint density at radius 2 is 1.75 bits per heavy atom. The zero-order valence-electron chi connectivity index (χ0n) is 10.8. The normalized spacial score (nSPS) is 27.9. The van der Waals surface area contributed by atoms with Gasteiger partial charge < -0.3 is 0 Å². The first-order chi connectivity index (χ1) is 7.30. The Morgan fingerprint density at radius 1 is 1.25 bits per heavy atom. The number of hydrogen-bond acceptors (Lipinski definition) is 2. The van der Waals surface area contributed by atoms with Crippen molar-refractivity contribution >= 4 is 0 Å². The predicted octanol–water partition coefficient (Wildman–Crippen LogP) is 4.02. The van der Waals surface area contributed by atoms with Crippen molar-refractivity contribution in [3.05, 3.63) is 21.9 Å². The molecule has 0 atom stereocenters. The second-order valence-electron chi connectivity index (χ2n) is 6.04. The number of allylic oxidation sites excluding steroid dienone is 2. The van der Waals surface area contributed by atoms with E-state index in [-0.39, 0.29) is 4.92 Å². The van der Waals surface area contributed by atoms with Crippen molar-refractivity contribution in [3.8, 4) is 0 Å². The van der Waals surface area contributed by atoms with Crippen LogP contribution >= 0.6 is 0 Å². The summed E-state index contributed by atoms with van der Waals surface area (Å²) in [4.78, 5) is 10.3. The molecule has 0 radical (unpaired) electrons. The predicted molar refractivity (Wildman–Crippen MR) is 65.7 cm³/mol. The van der Waals surface area contributed by atoms with Gasteiger partial charge in [0.15, 0.2) is 0 Å². The number of rotatable bonds is 2. The van der Waals surface area contributed by atoms with Gasteiger partial charge in [-0.25, -0.2) is 0 Å². The summed E-state index contributed by atoms with van der Waals surface area (Å²) in [7, 11) is 0. The Bertz CT molecular complexity index is 281. The van der Waals surface area contributed by atoms with Gasteiger partial charge in [-0.3, -0.25) is 10.1 Å². The average molecular weight is 225 g/mol. The minimum absolute atomic E-state index is 0.282. The lowest BCUT2D eigenvalue weighted by molar-refractivity contribution is -0.424. The Kier molecular flexibility index (Phi) is 4.11. The fraction of sp³-hybridized carbons (Fsp3) is 0.846. The van der Waals surface area contributed by atoms with Crippen LogP contribution in [0.2, 0.25) is 0 Å².